The van der Waals surface area contributed by atoms with Crippen molar-refractivity contribution >= 4 is 17.3 Å². The summed E-state index contributed by atoms with van der Waals surface area (Å²) in [6, 6.07) is 22.5. The molecule has 0 saturated heterocycles. The van der Waals surface area contributed by atoms with Crippen LogP contribution in [0.15, 0.2) is 72.8 Å². The van der Waals surface area contributed by atoms with Crippen LogP contribution in [0, 0.1) is 0 Å². The number of carbonyl (C=O) groups is 1. The third kappa shape index (κ3) is 4.38. The first-order chi connectivity index (χ1) is 12.1. The molecule has 0 aliphatic carbocycles. The largest absolute Gasteiger partial charge is 0.462 e. The Balaban J connectivity index is 1.57. The minimum absolute atomic E-state index is 0.320. The van der Waals surface area contributed by atoms with Crippen LogP contribution in [0.25, 0.3) is 11.1 Å². The lowest BCUT2D eigenvalue weighted by Gasteiger charge is -2.07. The van der Waals surface area contributed by atoms with Crippen LogP contribution in [-0.2, 0) is 11.2 Å². The fourth-order valence-electron chi connectivity index (χ4n) is 2.50. The summed E-state index contributed by atoms with van der Waals surface area (Å²) in [5, 5.41) is 0. The molecule has 25 heavy (non-hydrogen) atoms. The highest BCUT2D eigenvalue weighted by molar-refractivity contribution is 5.90. The molecule has 0 aliphatic rings. The van der Waals surface area contributed by atoms with Gasteiger partial charge in [-0.25, -0.2) is 4.79 Å². The lowest BCUT2D eigenvalue weighted by Crippen LogP contribution is -2.08. The Morgan fingerprint density at radius 1 is 0.720 bits per heavy atom. The summed E-state index contributed by atoms with van der Waals surface area (Å²) < 4.78 is 5.34. The number of ether oxygens (including phenoxy) is 1. The van der Waals surface area contributed by atoms with Crippen molar-refractivity contribution in [2.75, 3.05) is 18.1 Å². The molecule has 3 rings (SSSR count). The Morgan fingerprint density at radius 2 is 1.20 bits per heavy atom. The molecule has 0 amide bonds. The number of anilines is 2. The molecule has 4 heteroatoms. The third-order valence-electron chi connectivity index (χ3n) is 3.97. The molecular weight excluding hydrogens is 312 g/mol. The molecule has 0 fully saturated rings. The van der Waals surface area contributed by atoms with E-state index in [1.165, 1.54) is 0 Å². The molecular formula is C21H20N2O2. The zero-order valence-electron chi connectivity index (χ0n) is 13.8. The standard InChI is InChI=1S/C21H20N2O2/c22-19-9-1-15(2-10-19)13-14-25-21(24)18-5-3-16(4-6-18)17-7-11-20(23)12-8-17/h1-12H,13-14,22-23H2. The average molecular weight is 332 g/mol. The number of esters is 1. The van der Waals surface area contributed by atoms with Gasteiger partial charge >= 0.3 is 5.97 Å². The quantitative estimate of drug-likeness (QED) is 0.548. The number of benzene rings is 3. The molecule has 0 bridgehead atoms. The van der Waals surface area contributed by atoms with Gasteiger partial charge in [0.2, 0.25) is 0 Å². The molecule has 0 spiro atoms. The molecule has 4 N–H and O–H groups in total. The summed E-state index contributed by atoms with van der Waals surface area (Å²) in [4.78, 5) is 12.1. The molecule has 0 unspecified atom stereocenters. The van der Waals surface area contributed by atoms with Crippen molar-refractivity contribution in [1.82, 2.24) is 0 Å². The Hall–Kier alpha value is -3.27. The zero-order valence-corrected chi connectivity index (χ0v) is 13.8. The molecule has 0 aliphatic heterocycles. The third-order valence-corrected chi connectivity index (χ3v) is 3.97. The van der Waals surface area contributed by atoms with E-state index in [2.05, 4.69) is 0 Å². The second-order valence-electron chi connectivity index (χ2n) is 5.83. The van der Waals surface area contributed by atoms with E-state index in [9.17, 15) is 4.79 Å². The summed E-state index contributed by atoms with van der Waals surface area (Å²) in [5.74, 6) is -0.320. The fraction of sp³-hybridized carbons (Fsp3) is 0.0952. The molecule has 0 heterocycles. The van der Waals surface area contributed by atoms with Gasteiger partial charge in [0.05, 0.1) is 12.2 Å². The van der Waals surface area contributed by atoms with E-state index in [0.29, 0.717) is 18.6 Å². The van der Waals surface area contributed by atoms with Gasteiger partial charge in [-0.2, -0.15) is 0 Å². The van der Waals surface area contributed by atoms with E-state index in [4.69, 9.17) is 16.2 Å². The SMILES string of the molecule is Nc1ccc(CCOC(=O)c2ccc(-c3ccc(N)cc3)cc2)cc1. The molecule has 0 saturated carbocycles. The van der Waals surface area contributed by atoms with Crippen LogP contribution in [0.5, 0.6) is 0 Å². The maximum Gasteiger partial charge on any atom is 0.338 e. The lowest BCUT2D eigenvalue weighted by atomic mass is 10.0. The predicted octanol–water partition coefficient (Wildman–Crippen LogP) is 3.92. The normalized spacial score (nSPS) is 10.4. The topological polar surface area (TPSA) is 78.3 Å². The first-order valence-corrected chi connectivity index (χ1v) is 8.09. The van der Waals surface area contributed by atoms with Crippen LogP contribution < -0.4 is 11.5 Å². The second-order valence-corrected chi connectivity index (χ2v) is 5.83. The summed E-state index contributed by atoms with van der Waals surface area (Å²) >= 11 is 0. The van der Waals surface area contributed by atoms with E-state index in [-0.39, 0.29) is 5.97 Å². The summed E-state index contributed by atoms with van der Waals surface area (Å²) in [6.07, 6.45) is 0.662. The second kappa shape index (κ2) is 7.53. The van der Waals surface area contributed by atoms with Crippen molar-refractivity contribution in [3.05, 3.63) is 83.9 Å². The molecule has 0 atom stereocenters. The number of hydrogen-bond donors (Lipinski definition) is 2. The van der Waals surface area contributed by atoms with Crippen molar-refractivity contribution in [3.8, 4) is 11.1 Å². The number of carbonyl (C=O) groups excluding carboxylic acids is 1. The molecule has 3 aromatic rings. The first-order valence-electron chi connectivity index (χ1n) is 8.09. The van der Waals surface area contributed by atoms with Gasteiger partial charge in [0.25, 0.3) is 0 Å². The van der Waals surface area contributed by atoms with E-state index in [1.807, 2.05) is 60.7 Å². The number of nitrogen functional groups attached to an aromatic ring is 2. The molecule has 3 aromatic carbocycles. The summed E-state index contributed by atoms with van der Waals surface area (Å²) in [6.45, 7) is 0.336. The highest BCUT2D eigenvalue weighted by Gasteiger charge is 2.07. The van der Waals surface area contributed by atoms with Crippen LogP contribution >= 0.6 is 0 Å². The summed E-state index contributed by atoms with van der Waals surface area (Å²) in [7, 11) is 0. The zero-order chi connectivity index (χ0) is 17.6. The van der Waals surface area contributed by atoms with Gasteiger partial charge in [-0.3, -0.25) is 0 Å². The predicted molar refractivity (Wildman–Crippen MR) is 101 cm³/mol. The average Bonchev–Trinajstić information content (AvgIpc) is 2.64. The van der Waals surface area contributed by atoms with E-state index in [0.717, 1.165) is 28.1 Å². The van der Waals surface area contributed by atoms with Crippen molar-refractivity contribution in [3.63, 3.8) is 0 Å². The maximum absolute atomic E-state index is 12.1. The van der Waals surface area contributed by atoms with Crippen molar-refractivity contribution < 1.29 is 9.53 Å². The van der Waals surface area contributed by atoms with E-state index >= 15 is 0 Å². The van der Waals surface area contributed by atoms with Gasteiger partial charge in [0.1, 0.15) is 0 Å². The molecule has 0 radical (unpaired) electrons. The van der Waals surface area contributed by atoms with Crippen molar-refractivity contribution in [2.45, 2.75) is 6.42 Å². The van der Waals surface area contributed by atoms with Crippen LogP contribution in [-0.4, -0.2) is 12.6 Å². The van der Waals surface area contributed by atoms with Gasteiger partial charge in [0, 0.05) is 17.8 Å². The fourth-order valence-corrected chi connectivity index (χ4v) is 2.50. The van der Waals surface area contributed by atoms with Gasteiger partial charge in [-0.1, -0.05) is 36.4 Å². The number of rotatable bonds is 5. The van der Waals surface area contributed by atoms with Gasteiger partial charge in [-0.05, 0) is 53.1 Å². The van der Waals surface area contributed by atoms with E-state index in [1.54, 1.807) is 12.1 Å². The molecule has 126 valence electrons. The Bertz CT molecular complexity index is 839. The van der Waals surface area contributed by atoms with Gasteiger partial charge in [-0.15, -0.1) is 0 Å². The number of hydrogen-bond acceptors (Lipinski definition) is 4. The van der Waals surface area contributed by atoms with Gasteiger partial charge < -0.3 is 16.2 Å². The van der Waals surface area contributed by atoms with Crippen molar-refractivity contribution in [2.24, 2.45) is 0 Å². The van der Waals surface area contributed by atoms with Gasteiger partial charge in [0.15, 0.2) is 0 Å². The Morgan fingerprint density at radius 3 is 1.76 bits per heavy atom. The minimum atomic E-state index is -0.320. The van der Waals surface area contributed by atoms with Crippen LogP contribution in [0.1, 0.15) is 15.9 Å². The van der Waals surface area contributed by atoms with Crippen LogP contribution in [0.3, 0.4) is 0 Å². The first kappa shape index (κ1) is 16.6. The molecule has 0 aromatic heterocycles. The smallest absolute Gasteiger partial charge is 0.338 e. The van der Waals surface area contributed by atoms with Crippen LogP contribution in [0.4, 0.5) is 11.4 Å². The highest BCUT2D eigenvalue weighted by atomic mass is 16.5. The Kier molecular flexibility index (Phi) is 5.00. The van der Waals surface area contributed by atoms with Crippen molar-refractivity contribution in [1.29, 1.82) is 0 Å². The number of nitrogens with two attached hydrogens (primary N) is 2. The lowest BCUT2D eigenvalue weighted by molar-refractivity contribution is 0.0509. The minimum Gasteiger partial charge on any atom is -0.462 e. The Labute approximate surface area is 147 Å². The maximum atomic E-state index is 12.1. The van der Waals surface area contributed by atoms with E-state index < -0.39 is 0 Å². The summed E-state index contributed by atoms with van der Waals surface area (Å²) in [5.41, 5.74) is 16.5. The van der Waals surface area contributed by atoms with Crippen LogP contribution in [0.2, 0.25) is 0 Å². The monoisotopic (exact) mass is 332 g/mol. The molecule has 4 nitrogen and oxygen atoms in total. The highest BCUT2D eigenvalue weighted by Crippen LogP contribution is 2.21.